The van der Waals surface area contributed by atoms with Crippen LogP contribution in [0.15, 0.2) is 158 Å². The first-order chi connectivity index (χ1) is 20.9. The van der Waals surface area contributed by atoms with Gasteiger partial charge in [0.25, 0.3) is 0 Å². The quantitative estimate of drug-likeness (QED) is 0.213. The van der Waals surface area contributed by atoms with Crippen LogP contribution in [0.4, 0.5) is 0 Å². The van der Waals surface area contributed by atoms with E-state index < -0.39 is 0 Å². The first-order valence-corrected chi connectivity index (χ1v) is 14.5. The van der Waals surface area contributed by atoms with Gasteiger partial charge in [0.2, 0.25) is 0 Å². The van der Waals surface area contributed by atoms with Gasteiger partial charge in [-0.3, -0.25) is 0 Å². The van der Waals surface area contributed by atoms with E-state index in [4.69, 9.17) is 0 Å². The average Bonchev–Trinajstić information content (AvgIpc) is 3.58. The Bertz CT molecular complexity index is 2440. The number of benzene rings is 7. The minimum atomic E-state index is 1.16. The average molecular weight is 535 g/mol. The Labute approximate surface area is 243 Å². The molecule has 0 aliphatic heterocycles. The predicted octanol–water partition coefficient (Wildman–Crippen LogP) is 10.7. The molecule has 2 aromatic heterocycles. The van der Waals surface area contributed by atoms with Crippen LogP contribution in [0.2, 0.25) is 0 Å². The molecule has 0 bridgehead atoms. The Morgan fingerprint density at radius 2 is 0.952 bits per heavy atom. The van der Waals surface area contributed by atoms with Gasteiger partial charge >= 0.3 is 0 Å². The van der Waals surface area contributed by atoms with Crippen molar-refractivity contribution in [1.82, 2.24) is 9.13 Å². The molecule has 9 rings (SSSR count). The van der Waals surface area contributed by atoms with Gasteiger partial charge in [0.15, 0.2) is 0 Å². The van der Waals surface area contributed by atoms with Gasteiger partial charge in [0.1, 0.15) is 0 Å². The zero-order valence-electron chi connectivity index (χ0n) is 22.9. The number of hydrogen-bond donors (Lipinski definition) is 0. The highest BCUT2D eigenvalue weighted by atomic mass is 15.0. The fourth-order valence-corrected chi connectivity index (χ4v) is 6.87. The molecular weight excluding hydrogens is 508 g/mol. The molecule has 0 N–H and O–H groups in total. The zero-order chi connectivity index (χ0) is 27.6. The molecule has 2 heterocycles. The fraction of sp³-hybridized carbons (Fsp3) is 0. The lowest BCUT2D eigenvalue weighted by Crippen LogP contribution is -1.96. The van der Waals surface area contributed by atoms with Crippen LogP contribution in [-0.4, -0.2) is 9.13 Å². The first-order valence-electron chi connectivity index (χ1n) is 14.5. The smallest absolute Gasteiger partial charge is 0.0641 e. The third-order valence-corrected chi connectivity index (χ3v) is 8.71. The maximum atomic E-state index is 2.46. The van der Waals surface area contributed by atoms with E-state index in [1.54, 1.807) is 0 Å². The molecule has 0 saturated heterocycles. The molecule has 42 heavy (non-hydrogen) atoms. The largest absolute Gasteiger partial charge is 0.309 e. The van der Waals surface area contributed by atoms with Crippen molar-refractivity contribution in [3.05, 3.63) is 158 Å². The normalized spacial score (nSPS) is 11.8. The third kappa shape index (κ3) is 3.27. The van der Waals surface area contributed by atoms with E-state index in [2.05, 4.69) is 167 Å². The molecule has 196 valence electrons. The molecule has 9 aromatic rings. The first kappa shape index (κ1) is 23.1. The highest BCUT2D eigenvalue weighted by Crippen LogP contribution is 2.42. The van der Waals surface area contributed by atoms with E-state index >= 15 is 0 Å². The molecule has 2 heteroatoms. The summed E-state index contributed by atoms with van der Waals surface area (Å²) in [6.45, 7) is 0. The minimum absolute atomic E-state index is 1.16. The summed E-state index contributed by atoms with van der Waals surface area (Å²) in [6.07, 6.45) is 0. The summed E-state index contributed by atoms with van der Waals surface area (Å²) in [4.78, 5) is 0. The predicted molar refractivity (Wildman–Crippen MR) is 178 cm³/mol. The van der Waals surface area contributed by atoms with E-state index in [-0.39, 0.29) is 0 Å². The lowest BCUT2D eigenvalue weighted by atomic mass is 10.1. The number of para-hydroxylation sites is 2. The van der Waals surface area contributed by atoms with Gasteiger partial charge in [-0.2, -0.15) is 0 Å². The van der Waals surface area contributed by atoms with Gasteiger partial charge in [0.05, 0.1) is 27.8 Å². The van der Waals surface area contributed by atoms with Gasteiger partial charge in [-0.1, -0.05) is 121 Å². The number of nitrogens with zero attached hydrogens (tertiary/aromatic N) is 2. The molecule has 0 aliphatic carbocycles. The van der Waals surface area contributed by atoms with Crippen LogP contribution in [0.25, 0.3) is 76.9 Å². The summed E-state index contributed by atoms with van der Waals surface area (Å²) in [5, 5.41) is 7.57. The maximum Gasteiger partial charge on any atom is 0.0641 e. The van der Waals surface area contributed by atoms with Crippen molar-refractivity contribution in [2.24, 2.45) is 0 Å². The van der Waals surface area contributed by atoms with E-state index in [0.29, 0.717) is 0 Å². The lowest BCUT2D eigenvalue weighted by molar-refractivity contribution is 1.18. The Kier molecular flexibility index (Phi) is 4.93. The van der Waals surface area contributed by atoms with Crippen molar-refractivity contribution in [2.45, 2.75) is 0 Å². The Hall–Kier alpha value is -5.60. The summed E-state index contributed by atoms with van der Waals surface area (Å²) in [5.74, 6) is 0. The van der Waals surface area contributed by atoms with E-state index in [9.17, 15) is 0 Å². The van der Waals surface area contributed by atoms with Crippen molar-refractivity contribution in [1.29, 1.82) is 0 Å². The number of rotatable bonds is 3. The van der Waals surface area contributed by atoms with Gasteiger partial charge in [-0.25, -0.2) is 0 Å². The SMILES string of the molecule is c1ccc(-c2ccc(-n3c4ccccc4c4ccc5c(c6ccccc6n5-c5cccc6ccccc56)c43)cc2)cc1. The van der Waals surface area contributed by atoms with Crippen molar-refractivity contribution < 1.29 is 0 Å². The lowest BCUT2D eigenvalue weighted by Gasteiger charge is -2.12. The molecule has 0 aliphatic rings. The molecule has 7 aromatic carbocycles. The Morgan fingerprint density at radius 3 is 1.76 bits per heavy atom. The number of hydrogen-bond acceptors (Lipinski definition) is 0. The topological polar surface area (TPSA) is 9.86 Å². The zero-order valence-corrected chi connectivity index (χ0v) is 22.9. The van der Waals surface area contributed by atoms with Crippen LogP contribution in [-0.2, 0) is 0 Å². The minimum Gasteiger partial charge on any atom is -0.309 e. The summed E-state index contributed by atoms with van der Waals surface area (Å²) in [5.41, 5.74) is 9.71. The Balaban J connectivity index is 1.41. The van der Waals surface area contributed by atoms with Crippen molar-refractivity contribution in [2.75, 3.05) is 0 Å². The van der Waals surface area contributed by atoms with Crippen LogP contribution >= 0.6 is 0 Å². The fourth-order valence-electron chi connectivity index (χ4n) is 6.87. The van der Waals surface area contributed by atoms with Crippen LogP contribution in [0.1, 0.15) is 0 Å². The monoisotopic (exact) mass is 534 g/mol. The molecule has 0 amide bonds. The van der Waals surface area contributed by atoms with Gasteiger partial charge < -0.3 is 9.13 Å². The summed E-state index contributed by atoms with van der Waals surface area (Å²) in [6, 6.07) is 57.1. The molecule has 0 unspecified atom stereocenters. The second-order valence-corrected chi connectivity index (χ2v) is 11.0. The van der Waals surface area contributed by atoms with E-state index in [1.165, 1.54) is 71.2 Å². The van der Waals surface area contributed by atoms with Crippen LogP contribution < -0.4 is 0 Å². The summed E-state index contributed by atoms with van der Waals surface area (Å²) >= 11 is 0. The van der Waals surface area contributed by atoms with E-state index in [0.717, 1.165) is 5.69 Å². The number of aromatic nitrogens is 2. The Morgan fingerprint density at radius 1 is 0.333 bits per heavy atom. The van der Waals surface area contributed by atoms with Crippen LogP contribution in [0, 0.1) is 0 Å². The second-order valence-electron chi connectivity index (χ2n) is 11.0. The highest BCUT2D eigenvalue weighted by Gasteiger charge is 2.21. The molecular formula is C40H26N2. The van der Waals surface area contributed by atoms with Crippen molar-refractivity contribution in [3.63, 3.8) is 0 Å². The third-order valence-electron chi connectivity index (χ3n) is 8.71. The highest BCUT2D eigenvalue weighted by molar-refractivity contribution is 6.26. The summed E-state index contributed by atoms with van der Waals surface area (Å²) < 4.78 is 4.91. The molecule has 0 fully saturated rings. The summed E-state index contributed by atoms with van der Waals surface area (Å²) in [7, 11) is 0. The van der Waals surface area contributed by atoms with Crippen LogP contribution in [0.3, 0.4) is 0 Å². The molecule has 2 nitrogen and oxygen atoms in total. The van der Waals surface area contributed by atoms with Gasteiger partial charge in [-0.05, 0) is 52.9 Å². The molecule has 0 atom stereocenters. The van der Waals surface area contributed by atoms with Crippen molar-refractivity contribution in [3.8, 4) is 22.5 Å². The van der Waals surface area contributed by atoms with Crippen molar-refractivity contribution >= 4 is 54.4 Å². The molecule has 0 saturated carbocycles. The molecule has 0 radical (unpaired) electrons. The number of fused-ring (bicyclic) bond motifs is 8. The molecule has 0 spiro atoms. The van der Waals surface area contributed by atoms with Crippen LogP contribution in [0.5, 0.6) is 0 Å². The second kappa shape index (κ2) is 8.95. The maximum absolute atomic E-state index is 2.46. The van der Waals surface area contributed by atoms with Gasteiger partial charge in [0, 0.05) is 32.6 Å². The van der Waals surface area contributed by atoms with E-state index in [1.807, 2.05) is 0 Å². The standard InChI is InChI=1S/C40H26N2/c1-2-11-27(12-3-1)28-21-23-30(24-22-28)41-36-18-8-6-16-32(36)33-25-26-38-39(40(33)41)34-17-7-9-19-37(34)42(38)35-20-10-14-29-13-4-5-15-31(29)35/h1-26H. The van der Waals surface area contributed by atoms with Gasteiger partial charge in [-0.15, -0.1) is 0 Å².